The number of rotatable bonds is 16. The van der Waals surface area contributed by atoms with Gasteiger partial charge in [0.1, 0.15) is 29.7 Å². The molecule has 0 aliphatic heterocycles. The summed E-state index contributed by atoms with van der Waals surface area (Å²) in [5.41, 5.74) is 6.37. The molecule has 0 spiro atoms. The number of hydrogen-bond acceptors (Lipinski definition) is 9. The molecule has 3 atom stereocenters. The van der Waals surface area contributed by atoms with Gasteiger partial charge in [-0.2, -0.15) is 18.3 Å². The maximum Gasteiger partial charge on any atom is 0.459 e. The van der Waals surface area contributed by atoms with Crippen LogP contribution in [0.1, 0.15) is 72.2 Å². The van der Waals surface area contributed by atoms with Crippen LogP contribution in [0.25, 0.3) is 21.9 Å². The average molecular weight is 694 g/mol. The number of esters is 1. The van der Waals surface area contributed by atoms with Crippen LogP contribution in [0.3, 0.4) is 0 Å². The lowest BCUT2D eigenvalue weighted by molar-refractivity contribution is -0.149. The van der Waals surface area contributed by atoms with Crippen molar-refractivity contribution in [3.8, 4) is 5.75 Å². The number of carbonyl (C=O) groups is 1. The third-order valence-corrected chi connectivity index (χ3v) is 9.27. The summed E-state index contributed by atoms with van der Waals surface area (Å²) in [6.07, 6.45) is -2.95. The molecule has 0 radical (unpaired) electrons. The maximum atomic E-state index is 14.5. The van der Waals surface area contributed by atoms with Crippen molar-refractivity contribution in [3.63, 3.8) is 0 Å². The first-order valence-corrected chi connectivity index (χ1v) is 17.4. The Morgan fingerprint density at radius 1 is 1.06 bits per heavy atom. The van der Waals surface area contributed by atoms with Crippen molar-refractivity contribution in [2.45, 2.75) is 91.3 Å². The van der Waals surface area contributed by atoms with Crippen LogP contribution in [0.2, 0.25) is 0 Å². The number of unbranched alkanes of at least 4 members (excludes halogenated alkanes) is 1. The van der Waals surface area contributed by atoms with E-state index in [1.54, 1.807) is 13.8 Å². The number of pyridine rings is 1. The molecule has 0 saturated heterocycles. The number of anilines is 1. The van der Waals surface area contributed by atoms with Crippen molar-refractivity contribution in [1.82, 2.24) is 19.6 Å². The van der Waals surface area contributed by atoms with Crippen molar-refractivity contribution < 1.29 is 41.1 Å². The highest BCUT2D eigenvalue weighted by Crippen LogP contribution is 2.48. The molecule has 0 bridgehead atoms. The van der Waals surface area contributed by atoms with Crippen LogP contribution in [0.15, 0.2) is 48.5 Å². The predicted octanol–water partition coefficient (Wildman–Crippen LogP) is 7.76. The molecule has 0 saturated carbocycles. The number of carbonyl (C=O) groups excluding carboxylic acids is 1. The highest BCUT2D eigenvalue weighted by molar-refractivity contribution is 7.52. The summed E-state index contributed by atoms with van der Waals surface area (Å²) in [5, 5.41) is 3.41. The monoisotopic (exact) mass is 693 g/mol. The van der Waals surface area contributed by atoms with E-state index in [0.29, 0.717) is 35.4 Å². The van der Waals surface area contributed by atoms with Gasteiger partial charge in [-0.15, -0.1) is 0 Å². The van der Waals surface area contributed by atoms with Crippen LogP contribution in [0, 0.1) is 0 Å². The normalized spacial score (nSPS) is 15.4. The van der Waals surface area contributed by atoms with Crippen molar-refractivity contribution in [3.05, 3.63) is 59.9 Å². The van der Waals surface area contributed by atoms with Crippen LogP contribution >= 0.6 is 7.75 Å². The summed E-state index contributed by atoms with van der Waals surface area (Å²) in [5.74, 6) is -0.102. The fourth-order valence-corrected chi connectivity index (χ4v) is 6.91. The quantitative estimate of drug-likeness (QED) is 0.0884. The highest BCUT2D eigenvalue weighted by atomic mass is 31.2. The first kappa shape index (κ1) is 37.1. The van der Waals surface area contributed by atoms with E-state index in [2.05, 4.69) is 10.1 Å². The molecule has 0 amide bonds. The SMILES string of the molecule is CCCC[C@@](C)(CO[P@](=O)(N[C@@H](C)C(=O)OC(C)C)Oc1ccc(C(F)(F)F)cc1)n1c(COCC)nc2c(N)nc3ccccc3c21. The number of aromatic nitrogens is 3. The van der Waals surface area contributed by atoms with E-state index in [4.69, 9.17) is 29.2 Å². The molecule has 0 aliphatic carbocycles. The number of nitrogens with zero attached hydrogens (tertiary/aromatic N) is 3. The van der Waals surface area contributed by atoms with Gasteiger partial charge < -0.3 is 24.3 Å². The summed E-state index contributed by atoms with van der Waals surface area (Å²) in [4.78, 5) is 22.1. The van der Waals surface area contributed by atoms with E-state index in [1.807, 2.05) is 49.6 Å². The molecule has 0 unspecified atom stereocenters. The van der Waals surface area contributed by atoms with E-state index < -0.39 is 43.1 Å². The number of benzene rings is 2. The fourth-order valence-electron chi connectivity index (χ4n) is 5.31. The number of ether oxygens (including phenoxy) is 2. The van der Waals surface area contributed by atoms with Crippen LogP contribution in [0.4, 0.5) is 19.0 Å². The molecule has 2 aromatic carbocycles. The largest absolute Gasteiger partial charge is 0.462 e. The average Bonchev–Trinajstić information content (AvgIpc) is 3.42. The van der Waals surface area contributed by atoms with Gasteiger partial charge in [-0.25, -0.2) is 14.5 Å². The molecule has 15 heteroatoms. The number of nitrogens with one attached hydrogen (secondary N) is 1. The minimum atomic E-state index is -4.58. The second-order valence-electron chi connectivity index (χ2n) is 12.0. The minimum absolute atomic E-state index is 0.136. The van der Waals surface area contributed by atoms with Gasteiger partial charge in [0.15, 0.2) is 5.82 Å². The maximum absolute atomic E-state index is 14.5. The molecular weight excluding hydrogens is 650 g/mol. The molecule has 4 rings (SSSR count). The van der Waals surface area contributed by atoms with Gasteiger partial charge in [-0.1, -0.05) is 38.0 Å². The molecule has 2 heterocycles. The summed E-state index contributed by atoms with van der Waals surface area (Å²) in [6, 6.07) is 10.0. The second kappa shape index (κ2) is 15.2. The Balaban J connectivity index is 1.81. The van der Waals surface area contributed by atoms with Crippen LogP contribution in [0.5, 0.6) is 5.75 Å². The van der Waals surface area contributed by atoms with E-state index in [-0.39, 0.29) is 24.8 Å². The van der Waals surface area contributed by atoms with Gasteiger partial charge in [-0.05, 0) is 71.4 Å². The summed E-state index contributed by atoms with van der Waals surface area (Å²) in [7, 11) is -4.47. The smallest absolute Gasteiger partial charge is 0.459 e. The van der Waals surface area contributed by atoms with Gasteiger partial charge in [0.05, 0.1) is 34.8 Å². The molecule has 262 valence electrons. The molecule has 0 fully saturated rings. The van der Waals surface area contributed by atoms with Crippen molar-refractivity contribution in [2.24, 2.45) is 0 Å². The molecule has 11 nitrogen and oxygen atoms in total. The van der Waals surface area contributed by atoms with Crippen molar-refractivity contribution in [2.75, 3.05) is 18.9 Å². The zero-order valence-electron chi connectivity index (χ0n) is 28.0. The topological polar surface area (TPSA) is 140 Å². The number of nitrogens with two attached hydrogens (primary N) is 1. The van der Waals surface area contributed by atoms with Crippen molar-refractivity contribution in [1.29, 1.82) is 0 Å². The Morgan fingerprint density at radius 3 is 2.38 bits per heavy atom. The number of alkyl halides is 3. The van der Waals surface area contributed by atoms with E-state index in [0.717, 1.165) is 42.5 Å². The Kier molecular flexibility index (Phi) is 11.8. The first-order chi connectivity index (χ1) is 22.6. The summed E-state index contributed by atoms with van der Waals surface area (Å²) >= 11 is 0. The van der Waals surface area contributed by atoms with Gasteiger partial charge in [0.2, 0.25) is 0 Å². The zero-order chi connectivity index (χ0) is 35.3. The number of halogens is 3. The molecule has 2 aromatic heterocycles. The second-order valence-corrected chi connectivity index (χ2v) is 13.7. The number of nitrogen functional groups attached to an aromatic ring is 1. The zero-order valence-corrected chi connectivity index (χ0v) is 28.9. The fraction of sp³-hybridized carbons (Fsp3) is 0.485. The summed E-state index contributed by atoms with van der Waals surface area (Å²) in [6.45, 7) is 10.9. The molecule has 0 aliphatic rings. The van der Waals surface area contributed by atoms with E-state index >= 15 is 0 Å². The highest BCUT2D eigenvalue weighted by Gasteiger charge is 2.39. The third-order valence-electron chi connectivity index (χ3n) is 7.64. The van der Waals surface area contributed by atoms with Crippen molar-refractivity contribution >= 4 is 41.5 Å². The van der Waals surface area contributed by atoms with Crippen LogP contribution in [-0.2, 0) is 41.7 Å². The van der Waals surface area contributed by atoms with Gasteiger partial charge in [0.25, 0.3) is 0 Å². The van der Waals surface area contributed by atoms with Crippen LogP contribution < -0.4 is 15.3 Å². The van der Waals surface area contributed by atoms with E-state index in [1.165, 1.54) is 6.92 Å². The molecule has 4 aromatic rings. The Hall–Kier alpha value is -3.71. The lowest BCUT2D eigenvalue weighted by atomic mass is 9.94. The Morgan fingerprint density at radius 2 is 1.75 bits per heavy atom. The standard InChI is InChI=1S/C33H43F3N5O6P/c1-7-9-18-32(6,41-27(19-44-8-2)39-28-29(41)25-12-10-11-13-26(25)38-30(28)37)20-45-48(43,40-22(5)31(42)46-21(3)4)47-24-16-14-23(15-17-24)33(34,35)36/h10-17,21-22H,7-9,18-20H2,1-6H3,(H2,37,38)(H,40,43)/t22-,32-,48+/m0/s1. The first-order valence-electron chi connectivity index (χ1n) is 15.8. The number of hydrogen-bond donors (Lipinski definition) is 2. The third kappa shape index (κ3) is 8.65. The van der Waals surface area contributed by atoms with Gasteiger partial charge in [-0.3, -0.25) is 9.32 Å². The summed E-state index contributed by atoms with van der Waals surface area (Å²) < 4.78 is 79.2. The Bertz CT molecular complexity index is 1760. The lowest BCUT2D eigenvalue weighted by Gasteiger charge is -2.35. The number of fused-ring (bicyclic) bond motifs is 3. The number of para-hydroxylation sites is 1. The minimum Gasteiger partial charge on any atom is -0.462 e. The van der Waals surface area contributed by atoms with E-state index in [9.17, 15) is 22.5 Å². The molecular formula is C33H43F3N5O6P. The predicted molar refractivity (Wildman–Crippen MR) is 177 cm³/mol. The number of imidazole rings is 1. The Labute approximate surface area is 277 Å². The molecule has 3 N–H and O–H groups in total. The van der Waals surface area contributed by atoms with Gasteiger partial charge >= 0.3 is 19.9 Å². The molecule has 48 heavy (non-hydrogen) atoms. The van der Waals surface area contributed by atoms with Crippen LogP contribution in [-0.4, -0.2) is 45.9 Å². The van der Waals surface area contributed by atoms with Gasteiger partial charge in [0, 0.05) is 12.0 Å². The lowest BCUT2D eigenvalue weighted by Crippen LogP contribution is -2.40.